The lowest BCUT2D eigenvalue weighted by Gasteiger charge is -2.25. The third-order valence-corrected chi connectivity index (χ3v) is 4.22. The molecule has 3 nitrogen and oxygen atoms in total. The third kappa shape index (κ3) is 5.50. The first-order chi connectivity index (χ1) is 10.2. The molecule has 0 atom stereocenters. The molecule has 0 bridgehead atoms. The zero-order valence-corrected chi connectivity index (χ0v) is 14.0. The molecule has 0 radical (unpaired) electrons. The monoisotopic (exact) mass is 310 g/mol. The van der Waals surface area contributed by atoms with Gasteiger partial charge in [-0.1, -0.05) is 24.6 Å². The second-order valence-corrected chi connectivity index (χ2v) is 6.24. The number of benzene rings is 1. The first-order valence-electron chi connectivity index (χ1n) is 7.97. The van der Waals surface area contributed by atoms with E-state index in [-0.39, 0.29) is 0 Å². The molecule has 1 aliphatic rings. The van der Waals surface area contributed by atoms with Crippen molar-refractivity contribution in [1.29, 1.82) is 0 Å². The molecule has 1 saturated carbocycles. The first-order valence-corrected chi connectivity index (χ1v) is 8.35. The summed E-state index contributed by atoms with van der Waals surface area (Å²) in [5, 5.41) is 4.19. The molecular weight excluding hydrogens is 284 g/mol. The molecule has 1 aliphatic carbocycles. The van der Waals surface area contributed by atoms with Gasteiger partial charge in [0.1, 0.15) is 0 Å². The van der Waals surface area contributed by atoms with Crippen LogP contribution in [0.1, 0.15) is 31.7 Å². The van der Waals surface area contributed by atoms with E-state index in [9.17, 15) is 0 Å². The number of rotatable bonds is 10. The second-order valence-electron chi connectivity index (χ2n) is 5.83. The van der Waals surface area contributed by atoms with Crippen molar-refractivity contribution in [2.75, 3.05) is 38.3 Å². The second kappa shape index (κ2) is 8.62. The summed E-state index contributed by atoms with van der Waals surface area (Å²) in [6.45, 7) is 6.88. The van der Waals surface area contributed by atoms with Gasteiger partial charge in [0.05, 0.1) is 6.61 Å². The molecule has 118 valence electrons. The number of hydrogen-bond donors (Lipinski definition) is 1. The van der Waals surface area contributed by atoms with E-state index in [1.54, 1.807) is 7.11 Å². The molecule has 2 rings (SSSR count). The van der Waals surface area contributed by atoms with Crippen molar-refractivity contribution in [2.24, 2.45) is 5.92 Å². The Morgan fingerprint density at radius 3 is 2.81 bits per heavy atom. The van der Waals surface area contributed by atoms with Crippen LogP contribution in [-0.2, 0) is 11.3 Å². The fraction of sp³-hybridized carbons (Fsp3) is 0.647. The number of nitrogens with one attached hydrogen (secondary N) is 1. The van der Waals surface area contributed by atoms with Crippen LogP contribution >= 0.6 is 11.6 Å². The molecule has 1 N–H and O–H groups in total. The van der Waals surface area contributed by atoms with Crippen molar-refractivity contribution < 1.29 is 4.74 Å². The average Bonchev–Trinajstić information content (AvgIpc) is 3.28. The summed E-state index contributed by atoms with van der Waals surface area (Å²) in [5.74, 6) is 0.894. The Kier molecular flexibility index (Phi) is 6.81. The molecule has 1 aromatic carbocycles. The average molecular weight is 311 g/mol. The van der Waals surface area contributed by atoms with E-state index in [4.69, 9.17) is 16.3 Å². The molecule has 0 spiro atoms. The Hall–Kier alpha value is -0.770. The largest absolute Gasteiger partial charge is 0.383 e. The van der Waals surface area contributed by atoms with E-state index in [0.717, 1.165) is 42.7 Å². The van der Waals surface area contributed by atoms with Gasteiger partial charge >= 0.3 is 0 Å². The Labute approximate surface area is 133 Å². The van der Waals surface area contributed by atoms with Gasteiger partial charge in [0.25, 0.3) is 0 Å². The number of ether oxygens (including phenoxy) is 1. The highest BCUT2D eigenvalue weighted by Crippen LogP contribution is 2.32. The van der Waals surface area contributed by atoms with Gasteiger partial charge in [0.2, 0.25) is 0 Å². The van der Waals surface area contributed by atoms with E-state index in [1.807, 2.05) is 0 Å². The van der Waals surface area contributed by atoms with Crippen molar-refractivity contribution in [3.8, 4) is 0 Å². The van der Waals surface area contributed by atoms with Crippen LogP contribution in [-0.4, -0.2) is 33.4 Å². The molecular formula is C17H27ClN2O. The molecule has 0 aliphatic heterocycles. The van der Waals surface area contributed by atoms with Gasteiger partial charge in [0.15, 0.2) is 0 Å². The van der Waals surface area contributed by atoms with Crippen LogP contribution in [0, 0.1) is 5.92 Å². The lowest BCUT2D eigenvalue weighted by Crippen LogP contribution is -2.26. The highest BCUT2D eigenvalue weighted by Gasteiger charge is 2.24. The lowest BCUT2D eigenvalue weighted by molar-refractivity contribution is 0.199. The van der Waals surface area contributed by atoms with E-state index < -0.39 is 0 Å². The van der Waals surface area contributed by atoms with Gasteiger partial charge < -0.3 is 15.0 Å². The molecule has 21 heavy (non-hydrogen) atoms. The fourth-order valence-electron chi connectivity index (χ4n) is 2.48. The van der Waals surface area contributed by atoms with Gasteiger partial charge in [-0.2, -0.15) is 0 Å². The lowest BCUT2D eigenvalue weighted by atomic mass is 10.1. The normalized spacial score (nSPS) is 14.4. The van der Waals surface area contributed by atoms with Crippen molar-refractivity contribution in [1.82, 2.24) is 5.32 Å². The molecule has 0 amide bonds. The number of nitrogens with zero attached hydrogens (tertiary/aromatic N) is 1. The Morgan fingerprint density at radius 1 is 1.38 bits per heavy atom. The van der Waals surface area contributed by atoms with E-state index >= 15 is 0 Å². The summed E-state index contributed by atoms with van der Waals surface area (Å²) in [4.78, 5) is 2.48. The Morgan fingerprint density at radius 2 is 2.19 bits per heavy atom. The van der Waals surface area contributed by atoms with Gasteiger partial charge in [-0.15, -0.1) is 0 Å². The molecule has 1 fully saturated rings. The van der Waals surface area contributed by atoms with Crippen LogP contribution in [0.15, 0.2) is 18.2 Å². The zero-order chi connectivity index (χ0) is 15.1. The van der Waals surface area contributed by atoms with E-state index in [0.29, 0.717) is 0 Å². The summed E-state index contributed by atoms with van der Waals surface area (Å²) >= 11 is 6.44. The molecule has 4 heteroatoms. The fourth-order valence-corrected chi connectivity index (χ4v) is 2.72. The summed E-state index contributed by atoms with van der Waals surface area (Å²) in [5.41, 5.74) is 2.41. The van der Waals surface area contributed by atoms with Crippen LogP contribution in [0.3, 0.4) is 0 Å². The van der Waals surface area contributed by atoms with E-state index in [1.165, 1.54) is 31.5 Å². The standard InChI is InChI=1S/C17H27ClN2O/c1-3-9-20(13-14-4-5-14)16-7-6-15(17(18)11-16)12-19-8-10-21-2/h6-7,11,14,19H,3-5,8-10,12-13H2,1-2H3. The van der Waals surface area contributed by atoms with Crippen LogP contribution in [0.2, 0.25) is 5.02 Å². The molecule has 0 heterocycles. The number of anilines is 1. The summed E-state index contributed by atoms with van der Waals surface area (Å²) < 4.78 is 5.03. The van der Waals surface area contributed by atoms with Crippen LogP contribution in [0.4, 0.5) is 5.69 Å². The number of hydrogen-bond acceptors (Lipinski definition) is 3. The van der Waals surface area contributed by atoms with Crippen molar-refractivity contribution >= 4 is 17.3 Å². The van der Waals surface area contributed by atoms with Crippen LogP contribution in [0.5, 0.6) is 0 Å². The minimum Gasteiger partial charge on any atom is -0.383 e. The zero-order valence-electron chi connectivity index (χ0n) is 13.2. The quantitative estimate of drug-likeness (QED) is 0.667. The van der Waals surface area contributed by atoms with Gasteiger partial charge in [0, 0.05) is 44.0 Å². The maximum absolute atomic E-state index is 6.44. The van der Waals surface area contributed by atoms with Gasteiger partial charge in [-0.3, -0.25) is 0 Å². The summed E-state index contributed by atoms with van der Waals surface area (Å²) in [6, 6.07) is 6.47. The van der Waals surface area contributed by atoms with Gasteiger partial charge in [-0.05, 0) is 42.9 Å². The Bertz CT molecular complexity index is 435. The topological polar surface area (TPSA) is 24.5 Å². The maximum Gasteiger partial charge on any atom is 0.0587 e. The van der Waals surface area contributed by atoms with Crippen molar-refractivity contribution in [3.05, 3.63) is 28.8 Å². The van der Waals surface area contributed by atoms with Gasteiger partial charge in [-0.25, -0.2) is 0 Å². The van der Waals surface area contributed by atoms with Crippen LogP contribution < -0.4 is 10.2 Å². The third-order valence-electron chi connectivity index (χ3n) is 3.87. The van der Waals surface area contributed by atoms with Crippen LogP contribution in [0.25, 0.3) is 0 Å². The molecule has 1 aromatic rings. The predicted octanol–water partition coefficient (Wildman–Crippen LogP) is 3.70. The maximum atomic E-state index is 6.44. The highest BCUT2D eigenvalue weighted by molar-refractivity contribution is 6.31. The minimum atomic E-state index is 0.724. The highest BCUT2D eigenvalue weighted by atomic mass is 35.5. The van der Waals surface area contributed by atoms with Crippen molar-refractivity contribution in [3.63, 3.8) is 0 Å². The molecule has 0 saturated heterocycles. The van der Waals surface area contributed by atoms with Crippen molar-refractivity contribution in [2.45, 2.75) is 32.7 Å². The van der Waals surface area contributed by atoms with E-state index in [2.05, 4.69) is 35.3 Å². The smallest absolute Gasteiger partial charge is 0.0587 e. The minimum absolute atomic E-state index is 0.724. The number of methoxy groups -OCH3 is 1. The SMILES string of the molecule is CCCN(CC1CC1)c1ccc(CNCCOC)c(Cl)c1. The number of halogens is 1. The summed E-state index contributed by atoms with van der Waals surface area (Å²) in [7, 11) is 1.71. The Balaban J connectivity index is 1.95. The first kappa shape index (κ1) is 16.6. The molecule has 0 aromatic heterocycles. The molecule has 0 unspecified atom stereocenters. The predicted molar refractivity (Wildman–Crippen MR) is 90.3 cm³/mol. The summed E-state index contributed by atoms with van der Waals surface area (Å²) in [6.07, 6.45) is 3.94.